The Morgan fingerprint density at radius 1 is 1.00 bits per heavy atom. The van der Waals surface area contributed by atoms with Gasteiger partial charge < -0.3 is 15.5 Å². The van der Waals surface area contributed by atoms with Crippen LogP contribution in [-0.2, 0) is 9.59 Å². The molecule has 0 aromatic heterocycles. The number of rotatable bonds is 3. The van der Waals surface area contributed by atoms with E-state index in [0.29, 0.717) is 19.3 Å². The molecule has 0 radical (unpaired) electrons. The number of carbonyl (C=O) groups excluding carboxylic acids is 1. The van der Waals surface area contributed by atoms with Gasteiger partial charge in [0, 0.05) is 0 Å². The maximum Gasteiger partial charge on any atom is 0.307 e. The molecule has 5 heteroatoms. The number of amides is 1. The van der Waals surface area contributed by atoms with E-state index in [1.165, 1.54) is 0 Å². The third kappa shape index (κ3) is 3.60. The van der Waals surface area contributed by atoms with Crippen LogP contribution in [0.3, 0.4) is 0 Å². The minimum absolute atomic E-state index is 0.229. The third-order valence-electron chi connectivity index (χ3n) is 4.39. The zero-order valence-corrected chi connectivity index (χ0v) is 11.6. The number of carbonyl (C=O) groups is 2. The van der Waals surface area contributed by atoms with Gasteiger partial charge in [-0.05, 0) is 25.7 Å². The first-order chi connectivity index (χ1) is 9.59. The molecule has 0 heterocycles. The molecule has 3 N–H and O–H groups in total. The molecule has 2 unspecified atom stereocenters. The number of nitrogens with one attached hydrogen (secondary N) is 1. The van der Waals surface area contributed by atoms with Gasteiger partial charge in [-0.1, -0.05) is 31.4 Å². The van der Waals surface area contributed by atoms with Crippen molar-refractivity contribution < 1.29 is 19.8 Å². The Morgan fingerprint density at radius 2 is 1.65 bits per heavy atom. The van der Waals surface area contributed by atoms with Gasteiger partial charge in [0.1, 0.15) is 0 Å². The number of carboxylic acid groups (broad SMARTS) is 1. The first kappa shape index (κ1) is 15.0. The van der Waals surface area contributed by atoms with E-state index < -0.39 is 23.9 Å². The summed E-state index contributed by atoms with van der Waals surface area (Å²) in [5, 5.41) is 22.1. The summed E-state index contributed by atoms with van der Waals surface area (Å²) < 4.78 is 0. The SMILES string of the molecule is O=C(O)[C@H]1CC=CC[C@H]1C(=O)NC1CCCCCC1O. The van der Waals surface area contributed by atoms with Gasteiger partial charge in [0.2, 0.25) is 5.91 Å². The van der Waals surface area contributed by atoms with Crippen LogP contribution < -0.4 is 5.32 Å². The highest BCUT2D eigenvalue weighted by atomic mass is 16.4. The Balaban J connectivity index is 1.99. The van der Waals surface area contributed by atoms with Gasteiger partial charge in [0.05, 0.1) is 24.0 Å². The summed E-state index contributed by atoms with van der Waals surface area (Å²) in [6.07, 6.45) is 8.58. The molecule has 0 bridgehead atoms. The summed E-state index contributed by atoms with van der Waals surface area (Å²) in [7, 11) is 0. The van der Waals surface area contributed by atoms with Crippen molar-refractivity contribution in [2.45, 2.75) is 57.1 Å². The van der Waals surface area contributed by atoms with Crippen molar-refractivity contribution in [3.8, 4) is 0 Å². The molecule has 1 amide bonds. The van der Waals surface area contributed by atoms with Gasteiger partial charge in [-0.25, -0.2) is 0 Å². The molecule has 112 valence electrons. The molecule has 0 spiro atoms. The van der Waals surface area contributed by atoms with Crippen molar-refractivity contribution in [2.75, 3.05) is 0 Å². The highest BCUT2D eigenvalue weighted by molar-refractivity contribution is 5.85. The van der Waals surface area contributed by atoms with Crippen LogP contribution in [-0.4, -0.2) is 34.2 Å². The van der Waals surface area contributed by atoms with Crippen molar-refractivity contribution in [1.29, 1.82) is 0 Å². The van der Waals surface area contributed by atoms with Gasteiger partial charge >= 0.3 is 5.97 Å². The van der Waals surface area contributed by atoms with Crippen molar-refractivity contribution in [2.24, 2.45) is 11.8 Å². The number of aliphatic carboxylic acids is 1. The van der Waals surface area contributed by atoms with E-state index in [0.717, 1.165) is 25.7 Å². The summed E-state index contributed by atoms with van der Waals surface area (Å²) in [5.74, 6) is -2.32. The first-order valence-electron chi connectivity index (χ1n) is 7.46. The number of hydrogen-bond donors (Lipinski definition) is 3. The van der Waals surface area contributed by atoms with Crippen LogP contribution in [0.2, 0.25) is 0 Å². The Hall–Kier alpha value is -1.36. The zero-order valence-electron chi connectivity index (χ0n) is 11.6. The molecule has 1 fully saturated rings. The maximum absolute atomic E-state index is 12.3. The molecule has 2 aliphatic carbocycles. The fourth-order valence-corrected chi connectivity index (χ4v) is 3.12. The Morgan fingerprint density at radius 3 is 2.35 bits per heavy atom. The van der Waals surface area contributed by atoms with Crippen molar-refractivity contribution in [3.05, 3.63) is 12.2 Å². The quantitative estimate of drug-likeness (QED) is 0.540. The van der Waals surface area contributed by atoms with Crippen molar-refractivity contribution in [1.82, 2.24) is 5.32 Å². The summed E-state index contributed by atoms with van der Waals surface area (Å²) in [6, 6.07) is -0.231. The Kier molecular flexibility index (Phi) is 5.17. The molecule has 0 aromatic rings. The third-order valence-corrected chi connectivity index (χ3v) is 4.39. The predicted octanol–water partition coefficient (Wildman–Crippen LogP) is 1.46. The van der Waals surface area contributed by atoms with E-state index in [4.69, 9.17) is 0 Å². The number of allylic oxidation sites excluding steroid dienone is 2. The molecular weight excluding hydrogens is 258 g/mol. The van der Waals surface area contributed by atoms with Crippen LogP contribution in [0.25, 0.3) is 0 Å². The topological polar surface area (TPSA) is 86.6 Å². The van der Waals surface area contributed by atoms with Gasteiger partial charge in [-0.15, -0.1) is 0 Å². The normalized spacial score (nSPS) is 34.2. The number of aliphatic hydroxyl groups is 1. The average Bonchev–Trinajstić information content (AvgIpc) is 2.64. The Bertz CT molecular complexity index is 393. The molecule has 2 rings (SSSR count). The Labute approximate surface area is 119 Å². The molecular formula is C15H23NO4. The number of aliphatic hydroxyl groups excluding tert-OH is 1. The lowest BCUT2D eigenvalue weighted by Gasteiger charge is -2.28. The second kappa shape index (κ2) is 6.88. The van der Waals surface area contributed by atoms with Crippen LogP contribution in [0.5, 0.6) is 0 Å². The summed E-state index contributed by atoms with van der Waals surface area (Å²) in [5.41, 5.74) is 0. The summed E-state index contributed by atoms with van der Waals surface area (Å²) >= 11 is 0. The van der Waals surface area contributed by atoms with Crippen molar-refractivity contribution >= 4 is 11.9 Å². The van der Waals surface area contributed by atoms with Gasteiger partial charge in [0.15, 0.2) is 0 Å². The second-order valence-corrected chi connectivity index (χ2v) is 5.81. The monoisotopic (exact) mass is 281 g/mol. The average molecular weight is 281 g/mol. The van der Waals surface area contributed by atoms with E-state index >= 15 is 0 Å². The van der Waals surface area contributed by atoms with E-state index in [1.54, 1.807) is 0 Å². The fraction of sp³-hybridized carbons (Fsp3) is 0.733. The maximum atomic E-state index is 12.3. The molecule has 0 aromatic carbocycles. The van der Waals surface area contributed by atoms with Crippen molar-refractivity contribution in [3.63, 3.8) is 0 Å². The predicted molar refractivity (Wildman–Crippen MR) is 74.0 cm³/mol. The van der Waals surface area contributed by atoms with Gasteiger partial charge in [0.25, 0.3) is 0 Å². The fourth-order valence-electron chi connectivity index (χ4n) is 3.12. The van der Waals surface area contributed by atoms with Crippen LogP contribution in [0, 0.1) is 11.8 Å². The molecule has 0 aliphatic heterocycles. The molecule has 1 saturated carbocycles. The smallest absolute Gasteiger partial charge is 0.307 e. The molecule has 5 nitrogen and oxygen atoms in total. The molecule has 0 saturated heterocycles. The van der Waals surface area contributed by atoms with E-state index in [-0.39, 0.29) is 11.9 Å². The van der Waals surface area contributed by atoms with Crippen LogP contribution in [0.4, 0.5) is 0 Å². The number of hydrogen-bond acceptors (Lipinski definition) is 3. The lowest BCUT2D eigenvalue weighted by Crippen LogP contribution is -2.47. The highest BCUT2D eigenvalue weighted by Gasteiger charge is 2.35. The van der Waals surface area contributed by atoms with Gasteiger partial charge in [-0.2, -0.15) is 0 Å². The van der Waals surface area contributed by atoms with E-state index in [1.807, 2.05) is 12.2 Å². The van der Waals surface area contributed by atoms with Gasteiger partial charge in [-0.3, -0.25) is 9.59 Å². The van der Waals surface area contributed by atoms with E-state index in [9.17, 15) is 19.8 Å². The molecule has 2 aliphatic rings. The zero-order chi connectivity index (χ0) is 14.5. The summed E-state index contributed by atoms with van der Waals surface area (Å²) in [6.45, 7) is 0. The summed E-state index contributed by atoms with van der Waals surface area (Å²) in [4.78, 5) is 23.5. The highest BCUT2D eigenvalue weighted by Crippen LogP contribution is 2.27. The second-order valence-electron chi connectivity index (χ2n) is 5.81. The van der Waals surface area contributed by atoms with Crippen LogP contribution in [0.15, 0.2) is 12.2 Å². The minimum atomic E-state index is -0.920. The van der Waals surface area contributed by atoms with E-state index in [2.05, 4.69) is 5.32 Å². The lowest BCUT2D eigenvalue weighted by atomic mass is 9.82. The molecule has 4 atom stereocenters. The number of carboxylic acids is 1. The van der Waals surface area contributed by atoms with Crippen LogP contribution in [0.1, 0.15) is 44.9 Å². The minimum Gasteiger partial charge on any atom is -0.481 e. The first-order valence-corrected chi connectivity index (χ1v) is 7.46. The van der Waals surface area contributed by atoms with Crippen LogP contribution >= 0.6 is 0 Å². The standard InChI is InChI=1S/C15H23NO4/c17-13-9-3-1-2-8-12(13)16-14(18)10-6-4-5-7-11(10)15(19)20/h4-5,10-13,17H,1-3,6-9H2,(H,16,18)(H,19,20)/t10-,11+,12?,13?/m1/s1. The largest absolute Gasteiger partial charge is 0.481 e. The lowest BCUT2D eigenvalue weighted by molar-refractivity contribution is -0.147. The molecule has 20 heavy (non-hydrogen) atoms.